The molecule has 0 bridgehead atoms. The van der Waals surface area contributed by atoms with Crippen LogP contribution in [0.2, 0.25) is 5.28 Å². The van der Waals surface area contributed by atoms with Crippen LogP contribution in [0, 0.1) is 17.0 Å². The zero-order valence-electron chi connectivity index (χ0n) is 11.3. The van der Waals surface area contributed by atoms with Crippen molar-refractivity contribution in [1.29, 1.82) is 0 Å². The van der Waals surface area contributed by atoms with E-state index in [2.05, 4.69) is 20.3 Å². The van der Waals surface area contributed by atoms with E-state index in [0.29, 0.717) is 23.8 Å². The molecule has 21 heavy (non-hydrogen) atoms. The Bertz CT molecular complexity index is 680. The molecular formula is C12H12ClN5O3. The summed E-state index contributed by atoms with van der Waals surface area (Å²) < 4.78 is 5.50. The molecule has 2 rings (SSSR count). The summed E-state index contributed by atoms with van der Waals surface area (Å²) in [6, 6.07) is 4.25. The van der Waals surface area contributed by atoms with Gasteiger partial charge in [-0.15, -0.1) is 0 Å². The van der Waals surface area contributed by atoms with E-state index in [1.165, 1.54) is 18.2 Å². The van der Waals surface area contributed by atoms with Crippen molar-refractivity contribution in [2.24, 2.45) is 0 Å². The van der Waals surface area contributed by atoms with Gasteiger partial charge in [0.15, 0.2) is 0 Å². The Kier molecular flexibility index (Phi) is 4.49. The van der Waals surface area contributed by atoms with Gasteiger partial charge in [0.2, 0.25) is 11.2 Å². The molecule has 1 N–H and O–H groups in total. The van der Waals surface area contributed by atoms with Crippen molar-refractivity contribution in [3.8, 4) is 11.8 Å². The summed E-state index contributed by atoms with van der Waals surface area (Å²) in [5, 5.41) is 13.6. The summed E-state index contributed by atoms with van der Waals surface area (Å²) in [5.74, 6) is 0.706. The number of hydrogen-bond acceptors (Lipinski definition) is 7. The van der Waals surface area contributed by atoms with Crippen LogP contribution in [0.4, 0.5) is 11.6 Å². The minimum atomic E-state index is -0.472. The number of aromatic nitrogens is 3. The molecule has 1 heterocycles. The lowest BCUT2D eigenvalue weighted by Crippen LogP contribution is -2.05. The van der Waals surface area contributed by atoms with Crippen LogP contribution in [0.1, 0.15) is 12.5 Å². The zero-order chi connectivity index (χ0) is 15.4. The first-order chi connectivity index (χ1) is 9.99. The molecule has 0 spiro atoms. The van der Waals surface area contributed by atoms with Gasteiger partial charge < -0.3 is 10.1 Å². The Labute approximate surface area is 125 Å². The van der Waals surface area contributed by atoms with Crippen LogP contribution in [0.25, 0.3) is 0 Å². The third kappa shape index (κ3) is 3.76. The minimum absolute atomic E-state index is 0.00415. The highest BCUT2D eigenvalue weighted by Gasteiger charge is 2.12. The van der Waals surface area contributed by atoms with E-state index in [9.17, 15) is 10.1 Å². The predicted octanol–water partition coefficient (Wildman–Crippen LogP) is 2.97. The molecule has 9 heteroatoms. The highest BCUT2D eigenvalue weighted by molar-refractivity contribution is 6.28. The minimum Gasteiger partial charge on any atom is -0.424 e. The van der Waals surface area contributed by atoms with Crippen LogP contribution in [-0.4, -0.2) is 26.4 Å². The maximum absolute atomic E-state index is 10.7. The topological polar surface area (TPSA) is 103 Å². The molecule has 0 aliphatic rings. The van der Waals surface area contributed by atoms with Crippen molar-refractivity contribution < 1.29 is 9.66 Å². The van der Waals surface area contributed by atoms with Gasteiger partial charge in [-0.3, -0.25) is 10.1 Å². The van der Waals surface area contributed by atoms with Crippen molar-refractivity contribution in [2.75, 3.05) is 11.9 Å². The third-order valence-corrected chi connectivity index (χ3v) is 2.66. The number of benzene rings is 1. The number of hydrogen-bond donors (Lipinski definition) is 1. The maximum Gasteiger partial charge on any atom is 0.328 e. The lowest BCUT2D eigenvalue weighted by atomic mass is 10.2. The van der Waals surface area contributed by atoms with E-state index in [1.54, 1.807) is 6.92 Å². The van der Waals surface area contributed by atoms with Crippen molar-refractivity contribution in [3.05, 3.63) is 39.2 Å². The predicted molar refractivity (Wildman–Crippen MR) is 76.9 cm³/mol. The maximum atomic E-state index is 10.7. The van der Waals surface area contributed by atoms with E-state index in [0.717, 1.165) is 0 Å². The number of rotatable bonds is 5. The van der Waals surface area contributed by atoms with E-state index in [4.69, 9.17) is 16.3 Å². The Morgan fingerprint density at radius 1 is 1.38 bits per heavy atom. The molecule has 0 radical (unpaired) electrons. The number of halogens is 1. The van der Waals surface area contributed by atoms with Crippen LogP contribution < -0.4 is 10.1 Å². The van der Waals surface area contributed by atoms with Gasteiger partial charge in [0.1, 0.15) is 5.75 Å². The normalized spacial score (nSPS) is 10.2. The summed E-state index contributed by atoms with van der Waals surface area (Å²) in [6.07, 6.45) is 0. The number of ether oxygens (including phenoxy) is 1. The molecule has 0 aliphatic heterocycles. The first-order valence-corrected chi connectivity index (χ1v) is 6.45. The van der Waals surface area contributed by atoms with Gasteiger partial charge in [-0.05, 0) is 37.1 Å². The monoisotopic (exact) mass is 309 g/mol. The smallest absolute Gasteiger partial charge is 0.328 e. The second-order valence-corrected chi connectivity index (χ2v) is 4.39. The van der Waals surface area contributed by atoms with Crippen molar-refractivity contribution in [2.45, 2.75) is 13.8 Å². The summed E-state index contributed by atoms with van der Waals surface area (Å²) in [4.78, 5) is 22.0. The number of nitrogens with one attached hydrogen (secondary N) is 1. The quantitative estimate of drug-likeness (QED) is 0.668. The van der Waals surface area contributed by atoms with Gasteiger partial charge in [0, 0.05) is 18.7 Å². The van der Waals surface area contributed by atoms with Gasteiger partial charge in [0.25, 0.3) is 5.69 Å². The highest BCUT2D eigenvalue weighted by Crippen LogP contribution is 2.27. The molecule has 1 aromatic carbocycles. The standard InChI is InChI=1S/C12H12ClN5O3/c1-3-14-11-15-10(13)16-12(17-11)21-9-5-4-8(18(19)20)6-7(9)2/h4-6H,3H2,1-2H3,(H,14,15,16,17). The molecule has 0 amide bonds. The molecule has 0 aliphatic carbocycles. The Hall–Kier alpha value is -2.48. The molecule has 2 aromatic rings. The summed E-state index contributed by atoms with van der Waals surface area (Å²) >= 11 is 5.79. The van der Waals surface area contributed by atoms with Gasteiger partial charge in [-0.1, -0.05) is 0 Å². The number of nitrogens with zero attached hydrogens (tertiary/aromatic N) is 4. The van der Waals surface area contributed by atoms with Crippen LogP contribution in [-0.2, 0) is 0 Å². The van der Waals surface area contributed by atoms with Crippen LogP contribution >= 0.6 is 11.6 Å². The molecule has 8 nitrogen and oxygen atoms in total. The zero-order valence-corrected chi connectivity index (χ0v) is 12.1. The molecular weight excluding hydrogens is 298 g/mol. The van der Waals surface area contributed by atoms with Crippen molar-refractivity contribution in [3.63, 3.8) is 0 Å². The van der Waals surface area contributed by atoms with Crippen LogP contribution in [0.15, 0.2) is 18.2 Å². The Balaban J connectivity index is 2.27. The average molecular weight is 310 g/mol. The van der Waals surface area contributed by atoms with Crippen LogP contribution in [0.5, 0.6) is 11.8 Å². The molecule has 0 atom stereocenters. The largest absolute Gasteiger partial charge is 0.424 e. The average Bonchev–Trinajstić information content (AvgIpc) is 2.40. The first kappa shape index (κ1) is 14.9. The number of non-ortho nitro benzene ring substituents is 1. The highest BCUT2D eigenvalue weighted by atomic mass is 35.5. The summed E-state index contributed by atoms with van der Waals surface area (Å²) in [6.45, 7) is 4.20. The van der Waals surface area contributed by atoms with Gasteiger partial charge >= 0.3 is 6.01 Å². The fourth-order valence-corrected chi connectivity index (χ4v) is 1.73. The fourth-order valence-electron chi connectivity index (χ4n) is 1.57. The van der Waals surface area contributed by atoms with Crippen molar-refractivity contribution >= 4 is 23.2 Å². The second-order valence-electron chi connectivity index (χ2n) is 4.05. The summed E-state index contributed by atoms with van der Waals surface area (Å²) in [7, 11) is 0. The SMILES string of the molecule is CCNc1nc(Cl)nc(Oc2ccc([N+](=O)[O-])cc2C)n1. The van der Waals surface area contributed by atoms with E-state index in [-0.39, 0.29) is 17.0 Å². The van der Waals surface area contributed by atoms with Gasteiger partial charge in [0.05, 0.1) is 4.92 Å². The number of anilines is 1. The van der Waals surface area contributed by atoms with Gasteiger partial charge in [-0.2, -0.15) is 15.0 Å². The van der Waals surface area contributed by atoms with Gasteiger partial charge in [-0.25, -0.2) is 0 Å². The number of nitro groups is 1. The summed E-state index contributed by atoms with van der Waals surface area (Å²) in [5.41, 5.74) is 0.576. The second kappa shape index (κ2) is 6.31. The molecule has 0 saturated heterocycles. The molecule has 110 valence electrons. The van der Waals surface area contributed by atoms with Crippen LogP contribution in [0.3, 0.4) is 0 Å². The lowest BCUT2D eigenvalue weighted by molar-refractivity contribution is -0.384. The van der Waals surface area contributed by atoms with E-state index >= 15 is 0 Å². The number of aryl methyl sites for hydroxylation is 1. The van der Waals surface area contributed by atoms with E-state index in [1.807, 2.05) is 6.92 Å². The first-order valence-electron chi connectivity index (χ1n) is 6.08. The number of nitro benzene ring substituents is 1. The third-order valence-electron chi connectivity index (χ3n) is 2.49. The van der Waals surface area contributed by atoms with Crippen molar-refractivity contribution in [1.82, 2.24) is 15.0 Å². The molecule has 1 aromatic heterocycles. The molecule has 0 fully saturated rings. The fraction of sp³-hybridized carbons (Fsp3) is 0.250. The molecule has 0 saturated carbocycles. The molecule has 0 unspecified atom stereocenters. The van der Waals surface area contributed by atoms with E-state index < -0.39 is 4.92 Å². The Morgan fingerprint density at radius 2 is 2.14 bits per heavy atom. The lowest BCUT2D eigenvalue weighted by Gasteiger charge is -2.08. The Morgan fingerprint density at radius 3 is 2.76 bits per heavy atom.